The van der Waals surface area contributed by atoms with Gasteiger partial charge < -0.3 is 39.6 Å². The van der Waals surface area contributed by atoms with Crippen LogP contribution in [0.4, 0.5) is 16.2 Å². The van der Waals surface area contributed by atoms with E-state index in [-0.39, 0.29) is 48.9 Å². The van der Waals surface area contributed by atoms with Crippen LogP contribution in [0.25, 0.3) is 10.9 Å². The van der Waals surface area contributed by atoms with Crippen molar-refractivity contribution in [2.75, 3.05) is 44.5 Å². The first-order valence-electron chi connectivity index (χ1n) is 15.3. The van der Waals surface area contributed by atoms with Gasteiger partial charge in [0.25, 0.3) is 5.91 Å². The maximum atomic E-state index is 13.8. The second-order valence-electron chi connectivity index (χ2n) is 11.9. The molecule has 0 aliphatic carbocycles. The summed E-state index contributed by atoms with van der Waals surface area (Å²) in [6.07, 6.45) is 1.64. The minimum Gasteiger partial charge on any atom is -0.497 e. The zero-order valence-electron chi connectivity index (χ0n) is 26.8. The number of aliphatic hydroxyl groups is 1. The molecule has 3 N–H and O–H groups in total. The van der Waals surface area contributed by atoms with Gasteiger partial charge in [-0.3, -0.25) is 9.59 Å². The van der Waals surface area contributed by atoms with Crippen LogP contribution in [0, 0.1) is 5.92 Å². The molecule has 0 unspecified atom stereocenters. The number of nitrogens with zero attached hydrogens (tertiary/aromatic N) is 3. The summed E-state index contributed by atoms with van der Waals surface area (Å²) in [5, 5.41) is 16.8. The molecule has 3 aromatic carbocycles. The van der Waals surface area contributed by atoms with Gasteiger partial charge in [-0.2, -0.15) is 0 Å². The number of ether oxygens (including phenoxy) is 2. The first kappa shape index (κ1) is 32.4. The molecule has 11 heteroatoms. The topological polar surface area (TPSA) is 125 Å². The molecule has 0 fully saturated rings. The van der Waals surface area contributed by atoms with Crippen LogP contribution in [0.1, 0.15) is 29.8 Å². The lowest BCUT2D eigenvalue weighted by Crippen LogP contribution is -2.50. The van der Waals surface area contributed by atoms with Crippen LogP contribution in [0.15, 0.2) is 72.9 Å². The molecule has 0 spiro atoms. The number of aromatic nitrogens is 1. The number of hydrogen-bond acceptors (Lipinski definition) is 6. The van der Waals surface area contributed by atoms with E-state index in [9.17, 15) is 19.5 Å². The number of para-hydroxylation sites is 1. The van der Waals surface area contributed by atoms with E-state index in [1.54, 1.807) is 68.4 Å². The molecule has 11 nitrogen and oxygen atoms in total. The van der Waals surface area contributed by atoms with Gasteiger partial charge in [-0.25, -0.2) is 4.79 Å². The van der Waals surface area contributed by atoms with E-state index < -0.39 is 12.1 Å². The lowest BCUT2D eigenvalue weighted by atomic mass is 9.99. The molecule has 0 saturated heterocycles. The zero-order valence-corrected chi connectivity index (χ0v) is 26.8. The number of benzene rings is 3. The first-order chi connectivity index (χ1) is 22.1. The van der Waals surface area contributed by atoms with Crippen molar-refractivity contribution in [3.63, 3.8) is 0 Å². The van der Waals surface area contributed by atoms with Crippen molar-refractivity contribution >= 4 is 40.1 Å². The van der Waals surface area contributed by atoms with Gasteiger partial charge in [0.05, 0.1) is 38.3 Å². The van der Waals surface area contributed by atoms with Gasteiger partial charge in [0, 0.05) is 55.0 Å². The van der Waals surface area contributed by atoms with Crippen LogP contribution >= 0.6 is 0 Å². The monoisotopic (exact) mass is 627 g/mol. The Morgan fingerprint density at radius 2 is 1.80 bits per heavy atom. The third kappa shape index (κ3) is 7.10. The number of methoxy groups -OCH3 is 1. The number of fused-ring (bicyclic) bond motifs is 2. The highest BCUT2D eigenvalue weighted by molar-refractivity contribution is 6.01. The molecule has 46 heavy (non-hydrogen) atoms. The number of carbonyl (C=O) groups excluding carboxylic acids is 3. The number of aliphatic hydroxyl groups excluding tert-OH is 1. The fraction of sp³-hybridized carbons (Fsp3) is 0.343. The number of rotatable bonds is 9. The van der Waals surface area contributed by atoms with Crippen LogP contribution in [0.3, 0.4) is 0 Å². The highest BCUT2D eigenvalue weighted by atomic mass is 16.5. The second kappa shape index (κ2) is 13.9. The fourth-order valence-corrected chi connectivity index (χ4v) is 5.71. The van der Waals surface area contributed by atoms with Crippen molar-refractivity contribution in [1.29, 1.82) is 0 Å². The number of hydrogen-bond donors (Lipinski definition) is 3. The summed E-state index contributed by atoms with van der Waals surface area (Å²) in [7, 11) is 5.21. The number of carbonyl (C=O) groups is 3. The van der Waals surface area contributed by atoms with Crippen LogP contribution in [-0.2, 0) is 18.3 Å². The van der Waals surface area contributed by atoms with Crippen LogP contribution in [0.2, 0.25) is 0 Å². The molecule has 2 heterocycles. The molecular weight excluding hydrogens is 586 g/mol. The van der Waals surface area contributed by atoms with E-state index in [2.05, 4.69) is 10.6 Å². The normalized spacial score (nSPS) is 16.9. The van der Waals surface area contributed by atoms with Crippen LogP contribution < -0.4 is 20.1 Å². The average Bonchev–Trinajstić information content (AvgIpc) is 3.37. The number of urea groups is 1. The van der Waals surface area contributed by atoms with E-state index in [0.717, 1.165) is 16.5 Å². The van der Waals surface area contributed by atoms with Crippen molar-refractivity contribution in [2.45, 2.75) is 32.4 Å². The summed E-state index contributed by atoms with van der Waals surface area (Å²) in [4.78, 5) is 43.2. The lowest BCUT2D eigenvalue weighted by Gasteiger charge is -2.38. The highest BCUT2D eigenvalue weighted by Gasteiger charge is 2.34. The van der Waals surface area contributed by atoms with Crippen molar-refractivity contribution < 1.29 is 29.0 Å². The summed E-state index contributed by atoms with van der Waals surface area (Å²) in [5.41, 5.74) is 3.29. The fourth-order valence-electron chi connectivity index (χ4n) is 5.71. The van der Waals surface area contributed by atoms with Crippen LogP contribution in [-0.4, -0.2) is 83.3 Å². The predicted molar refractivity (Wildman–Crippen MR) is 178 cm³/mol. The lowest BCUT2D eigenvalue weighted by molar-refractivity contribution is -0.115. The maximum absolute atomic E-state index is 13.8. The number of nitrogens with one attached hydrogen (secondary N) is 2. The number of amides is 4. The molecule has 1 aromatic heterocycles. The number of likely N-dealkylation sites (N-methyl/N-ethyl adjacent to an activating group) is 1. The predicted octanol–water partition coefficient (Wildman–Crippen LogP) is 4.75. The Hall–Kier alpha value is -5.03. The van der Waals surface area contributed by atoms with Crippen molar-refractivity contribution in [1.82, 2.24) is 14.4 Å². The SMILES string of the molecule is COc1ccc(NC(=O)N(C)C[C@@H]2Oc3ccc(NC(=O)Cc4cn(C)c5ccccc45)cc3C(=O)N([C@H](C)CO)C[C@@H]2C)cc1. The Morgan fingerprint density at radius 3 is 2.52 bits per heavy atom. The molecule has 1 aliphatic heterocycles. The molecule has 242 valence electrons. The molecule has 0 radical (unpaired) electrons. The van der Waals surface area contributed by atoms with E-state index in [1.807, 2.05) is 49.0 Å². The number of aryl methyl sites for hydroxylation is 1. The molecule has 3 atom stereocenters. The highest BCUT2D eigenvalue weighted by Crippen LogP contribution is 2.31. The summed E-state index contributed by atoms with van der Waals surface area (Å²) in [5.74, 6) is 0.324. The van der Waals surface area contributed by atoms with E-state index in [1.165, 1.54) is 4.90 Å². The van der Waals surface area contributed by atoms with Crippen LogP contribution in [0.5, 0.6) is 11.5 Å². The average molecular weight is 628 g/mol. The van der Waals surface area contributed by atoms with Gasteiger partial charge in [0.2, 0.25) is 5.91 Å². The minimum absolute atomic E-state index is 0.168. The van der Waals surface area contributed by atoms with E-state index >= 15 is 0 Å². The smallest absolute Gasteiger partial charge is 0.321 e. The van der Waals surface area contributed by atoms with Gasteiger partial charge >= 0.3 is 6.03 Å². The van der Waals surface area contributed by atoms with Gasteiger partial charge in [-0.15, -0.1) is 0 Å². The minimum atomic E-state index is -0.473. The third-order valence-corrected chi connectivity index (χ3v) is 8.42. The van der Waals surface area contributed by atoms with E-state index in [4.69, 9.17) is 9.47 Å². The Bertz CT molecular complexity index is 1720. The standard InChI is InChI=1S/C35H41N5O6/c1-22-18-40(23(2)21-41)34(43)29-17-26(36-33(42)16-24-19-38(3)30-9-7-6-8-28(24)30)12-15-31(29)46-32(22)20-39(4)35(44)37-25-10-13-27(45-5)14-11-25/h6-15,17,19,22-23,32,41H,16,18,20-21H2,1-5H3,(H,36,42)(H,37,44)/t22-,23+,32-/m0/s1. The summed E-state index contributed by atoms with van der Waals surface area (Å²) in [6.45, 7) is 4.06. The Labute approximate surface area is 268 Å². The third-order valence-electron chi connectivity index (χ3n) is 8.42. The molecular formula is C35H41N5O6. The first-order valence-corrected chi connectivity index (χ1v) is 15.3. The molecule has 1 aliphatic rings. The van der Waals surface area contributed by atoms with Gasteiger partial charge in [-0.05, 0) is 61.0 Å². The van der Waals surface area contributed by atoms with Crippen molar-refractivity contribution in [3.05, 3.63) is 84.1 Å². The molecule has 5 rings (SSSR count). The number of anilines is 2. The van der Waals surface area contributed by atoms with Crippen molar-refractivity contribution in [3.8, 4) is 11.5 Å². The van der Waals surface area contributed by atoms with Gasteiger partial charge in [-0.1, -0.05) is 25.1 Å². The maximum Gasteiger partial charge on any atom is 0.321 e. The van der Waals surface area contributed by atoms with Gasteiger partial charge in [0.1, 0.15) is 17.6 Å². The quantitative estimate of drug-likeness (QED) is 0.246. The summed E-state index contributed by atoms with van der Waals surface area (Å²) >= 11 is 0. The van der Waals surface area contributed by atoms with Gasteiger partial charge in [0.15, 0.2) is 0 Å². The molecule has 0 bridgehead atoms. The molecule has 4 aromatic rings. The zero-order chi connectivity index (χ0) is 33.0. The molecule has 4 amide bonds. The summed E-state index contributed by atoms with van der Waals surface area (Å²) in [6, 6.07) is 19.2. The molecule has 0 saturated carbocycles. The van der Waals surface area contributed by atoms with E-state index in [0.29, 0.717) is 29.4 Å². The summed E-state index contributed by atoms with van der Waals surface area (Å²) < 4.78 is 13.6. The largest absolute Gasteiger partial charge is 0.497 e. The van der Waals surface area contributed by atoms with Crippen molar-refractivity contribution in [2.24, 2.45) is 13.0 Å². The second-order valence-corrected chi connectivity index (χ2v) is 11.9. The Kier molecular flexibility index (Phi) is 9.81. The Balaban J connectivity index is 1.35. The Morgan fingerprint density at radius 1 is 1.09 bits per heavy atom.